The van der Waals surface area contributed by atoms with Crippen LogP contribution in [0.25, 0.3) is 0 Å². The molecule has 0 saturated carbocycles. The minimum Gasteiger partial charge on any atom is -0.383 e. The van der Waals surface area contributed by atoms with Gasteiger partial charge >= 0.3 is 0 Å². The van der Waals surface area contributed by atoms with E-state index in [1.807, 2.05) is 6.92 Å². The zero-order valence-electron chi connectivity index (χ0n) is 11.5. The third kappa shape index (κ3) is 4.58. The molecule has 0 amide bonds. The van der Waals surface area contributed by atoms with E-state index in [-0.39, 0.29) is 10.3 Å². The number of nitrogens with zero attached hydrogens (tertiary/aromatic N) is 1. The lowest BCUT2D eigenvalue weighted by Gasteiger charge is -2.35. The van der Waals surface area contributed by atoms with Crippen molar-refractivity contribution in [3.63, 3.8) is 0 Å². The third-order valence-electron chi connectivity index (χ3n) is 2.90. The summed E-state index contributed by atoms with van der Waals surface area (Å²) in [5.41, 5.74) is 0.742. The minimum atomic E-state index is -4.02. The number of hydrogen-bond acceptors (Lipinski definition) is 5. The molecule has 0 radical (unpaired) electrons. The van der Waals surface area contributed by atoms with Crippen molar-refractivity contribution in [3.05, 3.63) is 29.8 Å². The van der Waals surface area contributed by atoms with Gasteiger partial charge in [-0.1, -0.05) is 17.7 Å². The lowest BCUT2D eigenvalue weighted by Crippen LogP contribution is -2.55. The van der Waals surface area contributed by atoms with Crippen LogP contribution in [0.4, 0.5) is 0 Å². The Balaban J connectivity index is 0.000000204. The maximum atomic E-state index is 10.5. The fourth-order valence-corrected chi connectivity index (χ4v) is 2.11. The highest BCUT2D eigenvalue weighted by molar-refractivity contribution is 7.85. The summed E-state index contributed by atoms with van der Waals surface area (Å²) in [4.78, 5) is -0.0666. The lowest BCUT2D eigenvalue weighted by molar-refractivity contribution is 0.0794. The summed E-state index contributed by atoms with van der Waals surface area (Å²) in [6, 6.07) is 8.22. The quantitative estimate of drug-likeness (QED) is 0.807. The Hall–Kier alpha value is -1.46. The molecule has 7 heteroatoms. The molecular formula is C13H18N2O4S. The highest BCUT2D eigenvalue weighted by atomic mass is 32.2. The van der Waals surface area contributed by atoms with Gasteiger partial charge in [-0.05, 0) is 19.1 Å². The van der Waals surface area contributed by atoms with Gasteiger partial charge in [0, 0.05) is 20.2 Å². The first kappa shape index (κ1) is 16.6. The molecule has 0 bridgehead atoms. The third-order valence-corrected chi connectivity index (χ3v) is 3.77. The Bertz CT molecular complexity index is 571. The lowest BCUT2D eigenvalue weighted by atomic mass is 9.85. The van der Waals surface area contributed by atoms with E-state index in [1.165, 1.54) is 12.1 Å². The second-order valence-electron chi connectivity index (χ2n) is 4.72. The van der Waals surface area contributed by atoms with Crippen molar-refractivity contribution < 1.29 is 17.7 Å². The predicted molar refractivity (Wildman–Crippen MR) is 73.8 cm³/mol. The van der Waals surface area contributed by atoms with Crippen LogP contribution in [0.15, 0.2) is 29.2 Å². The van der Waals surface area contributed by atoms with Gasteiger partial charge < -0.3 is 10.1 Å². The monoisotopic (exact) mass is 298 g/mol. The van der Waals surface area contributed by atoms with Crippen molar-refractivity contribution in [3.8, 4) is 6.07 Å². The molecule has 1 saturated heterocycles. The number of hydrogen-bond donors (Lipinski definition) is 2. The minimum absolute atomic E-state index is 0.0666. The van der Waals surface area contributed by atoms with Crippen LogP contribution >= 0.6 is 0 Å². The Morgan fingerprint density at radius 2 is 1.95 bits per heavy atom. The van der Waals surface area contributed by atoms with E-state index in [0.29, 0.717) is 6.61 Å². The molecule has 1 aromatic carbocycles. The second kappa shape index (κ2) is 6.81. The Morgan fingerprint density at radius 1 is 1.40 bits per heavy atom. The van der Waals surface area contributed by atoms with Crippen LogP contribution in [0.3, 0.4) is 0 Å². The first-order valence-corrected chi connectivity index (χ1v) is 7.42. The van der Waals surface area contributed by atoms with Crippen molar-refractivity contribution in [1.82, 2.24) is 5.32 Å². The molecule has 110 valence electrons. The Morgan fingerprint density at radius 3 is 2.20 bits per heavy atom. The summed E-state index contributed by atoms with van der Waals surface area (Å²) in [6.07, 6.45) is 0. The maximum Gasteiger partial charge on any atom is 0.294 e. The first-order chi connectivity index (χ1) is 9.33. The van der Waals surface area contributed by atoms with Crippen LogP contribution in [-0.2, 0) is 14.9 Å². The smallest absolute Gasteiger partial charge is 0.294 e. The number of nitrogens with one attached hydrogen (secondary N) is 1. The molecule has 1 fully saturated rings. The molecule has 2 N–H and O–H groups in total. The van der Waals surface area contributed by atoms with Gasteiger partial charge in [-0.25, -0.2) is 0 Å². The maximum absolute atomic E-state index is 10.5. The van der Waals surface area contributed by atoms with Gasteiger partial charge in [0.25, 0.3) is 10.1 Å². The predicted octanol–water partition coefficient (Wildman–Crippen LogP) is 0.988. The summed E-state index contributed by atoms with van der Waals surface area (Å²) in [5, 5.41) is 11.6. The van der Waals surface area contributed by atoms with E-state index in [1.54, 1.807) is 19.2 Å². The van der Waals surface area contributed by atoms with Gasteiger partial charge in [0.15, 0.2) is 0 Å². The number of ether oxygens (including phenoxy) is 1. The molecule has 1 aliphatic rings. The molecule has 0 aliphatic carbocycles. The van der Waals surface area contributed by atoms with Gasteiger partial charge in [-0.3, -0.25) is 4.55 Å². The molecule has 0 atom stereocenters. The van der Waals surface area contributed by atoms with E-state index in [4.69, 9.17) is 14.6 Å². The Kier molecular flexibility index (Phi) is 5.65. The van der Waals surface area contributed by atoms with Crippen LogP contribution in [0.2, 0.25) is 0 Å². The number of aryl methyl sites for hydroxylation is 1. The largest absolute Gasteiger partial charge is 0.383 e. The Labute approximate surface area is 119 Å². The van der Waals surface area contributed by atoms with E-state index in [9.17, 15) is 8.42 Å². The molecule has 1 aliphatic heterocycles. The van der Waals surface area contributed by atoms with Gasteiger partial charge in [0.2, 0.25) is 0 Å². The summed E-state index contributed by atoms with van der Waals surface area (Å²) in [7, 11) is -2.40. The van der Waals surface area contributed by atoms with E-state index in [0.717, 1.165) is 18.7 Å². The van der Waals surface area contributed by atoms with Crippen LogP contribution in [0.5, 0.6) is 0 Å². The fourth-order valence-electron chi connectivity index (χ4n) is 1.63. The SMILES string of the molecule is COCC1(C#N)CNC1.Cc1ccc(S(=O)(=O)O)cc1. The number of methoxy groups -OCH3 is 1. The number of rotatable bonds is 3. The van der Waals surface area contributed by atoms with Crippen molar-refractivity contribution in [2.45, 2.75) is 11.8 Å². The van der Waals surface area contributed by atoms with Crippen molar-refractivity contribution >= 4 is 10.1 Å². The summed E-state index contributed by atoms with van der Waals surface area (Å²) < 4.78 is 34.4. The topological polar surface area (TPSA) is 99.4 Å². The molecule has 0 unspecified atom stereocenters. The van der Waals surface area contributed by atoms with Crippen molar-refractivity contribution in [1.29, 1.82) is 5.26 Å². The average Bonchev–Trinajstić information content (AvgIpc) is 2.34. The molecule has 6 nitrogen and oxygen atoms in total. The molecule has 0 spiro atoms. The van der Waals surface area contributed by atoms with E-state index < -0.39 is 10.1 Å². The standard InChI is InChI=1S/C7H8O3S.C6H10N2O/c1-6-2-4-7(5-3-6)11(8,9)10;1-9-5-6(2-7)3-8-4-6/h2-5H,1H3,(H,8,9,10);8H,3-5H2,1H3. The highest BCUT2D eigenvalue weighted by Crippen LogP contribution is 2.20. The molecule has 0 aromatic heterocycles. The fraction of sp³-hybridized carbons (Fsp3) is 0.462. The van der Waals surface area contributed by atoms with Crippen LogP contribution in [-0.4, -0.2) is 39.8 Å². The molecule has 1 aromatic rings. The van der Waals surface area contributed by atoms with E-state index in [2.05, 4.69) is 11.4 Å². The summed E-state index contributed by atoms with van der Waals surface area (Å²) >= 11 is 0. The van der Waals surface area contributed by atoms with Gasteiger partial charge in [0.05, 0.1) is 17.6 Å². The molecule has 20 heavy (non-hydrogen) atoms. The first-order valence-electron chi connectivity index (χ1n) is 5.98. The van der Waals surface area contributed by atoms with Crippen LogP contribution in [0.1, 0.15) is 5.56 Å². The van der Waals surface area contributed by atoms with Gasteiger partial charge in [-0.15, -0.1) is 0 Å². The van der Waals surface area contributed by atoms with Crippen LogP contribution < -0.4 is 5.32 Å². The molecule has 2 rings (SSSR count). The highest BCUT2D eigenvalue weighted by Gasteiger charge is 2.36. The zero-order chi connectivity index (χ0) is 15.2. The number of nitriles is 1. The van der Waals surface area contributed by atoms with Gasteiger partial charge in [0.1, 0.15) is 5.41 Å². The van der Waals surface area contributed by atoms with Gasteiger partial charge in [-0.2, -0.15) is 13.7 Å². The van der Waals surface area contributed by atoms with Crippen molar-refractivity contribution in [2.24, 2.45) is 5.41 Å². The van der Waals surface area contributed by atoms with E-state index >= 15 is 0 Å². The van der Waals surface area contributed by atoms with Crippen LogP contribution in [0, 0.1) is 23.7 Å². The molecule has 1 heterocycles. The summed E-state index contributed by atoms with van der Waals surface area (Å²) in [5.74, 6) is 0. The van der Waals surface area contributed by atoms with Crippen molar-refractivity contribution in [2.75, 3.05) is 26.8 Å². The zero-order valence-corrected chi connectivity index (χ0v) is 12.3. The summed E-state index contributed by atoms with van der Waals surface area (Å²) in [6.45, 7) is 3.94. The number of benzene rings is 1. The normalized spacial score (nSPS) is 16.3. The average molecular weight is 298 g/mol. The second-order valence-corrected chi connectivity index (χ2v) is 6.14. The molecular weight excluding hydrogens is 280 g/mol.